The summed E-state index contributed by atoms with van der Waals surface area (Å²) in [7, 11) is 5.73. The van der Waals surface area contributed by atoms with E-state index in [4.69, 9.17) is 18.9 Å². The smallest absolute Gasteiger partial charge is 0.262 e. The number of thioether (sulfide) groups is 1. The molecule has 0 saturated carbocycles. The third-order valence-corrected chi connectivity index (χ3v) is 6.38. The summed E-state index contributed by atoms with van der Waals surface area (Å²) in [6.45, 7) is 1.83. The van der Waals surface area contributed by atoms with E-state index in [9.17, 15) is 4.79 Å². The van der Waals surface area contributed by atoms with Gasteiger partial charge in [0, 0.05) is 17.9 Å². The average molecular weight is 480 g/mol. The predicted molar refractivity (Wildman–Crippen MR) is 135 cm³/mol. The highest BCUT2D eigenvalue weighted by Crippen LogP contribution is 2.28. The van der Waals surface area contributed by atoms with Gasteiger partial charge in [-0.05, 0) is 56.9 Å². The molecule has 7 nitrogen and oxygen atoms in total. The Labute approximate surface area is 203 Å². The molecule has 8 heteroatoms. The molecule has 4 aromatic rings. The molecule has 0 aliphatic rings. The van der Waals surface area contributed by atoms with Gasteiger partial charge in [-0.1, -0.05) is 30.0 Å². The van der Waals surface area contributed by atoms with Gasteiger partial charge in [0.25, 0.3) is 5.56 Å². The van der Waals surface area contributed by atoms with Crippen molar-refractivity contribution in [3.8, 4) is 11.5 Å². The zero-order valence-electron chi connectivity index (χ0n) is 19.7. The van der Waals surface area contributed by atoms with Gasteiger partial charge in [0.2, 0.25) is 0 Å². The largest absolute Gasteiger partial charge is 0.496 e. The van der Waals surface area contributed by atoms with Gasteiger partial charge in [-0.25, -0.2) is 4.98 Å². The Balaban J connectivity index is 1.65. The number of aromatic nitrogens is 2. The fourth-order valence-electron chi connectivity index (χ4n) is 3.61. The fourth-order valence-corrected chi connectivity index (χ4v) is 4.60. The Morgan fingerprint density at radius 1 is 1.12 bits per heavy atom. The Bertz CT molecular complexity index is 1290. The van der Waals surface area contributed by atoms with Gasteiger partial charge < -0.3 is 18.8 Å². The number of hydrogen-bond acceptors (Lipinski definition) is 7. The van der Waals surface area contributed by atoms with E-state index >= 15 is 0 Å². The quantitative estimate of drug-likeness (QED) is 0.176. The van der Waals surface area contributed by atoms with Crippen LogP contribution >= 0.6 is 11.8 Å². The first kappa shape index (κ1) is 23.9. The molecule has 0 spiro atoms. The zero-order chi connectivity index (χ0) is 23.9. The molecule has 2 aromatic carbocycles. The fraction of sp³-hybridized carbons (Fsp3) is 0.308. The lowest BCUT2D eigenvalue weighted by Crippen LogP contribution is -2.24. The molecule has 0 saturated heterocycles. The summed E-state index contributed by atoms with van der Waals surface area (Å²) in [4.78, 5) is 20.5. The molecule has 0 amide bonds. The van der Waals surface area contributed by atoms with Crippen molar-refractivity contribution in [2.75, 3.05) is 34.4 Å². The van der Waals surface area contributed by atoms with E-state index < -0.39 is 0 Å². The average Bonchev–Trinajstić information content (AvgIpc) is 3.36. The highest BCUT2D eigenvalue weighted by Gasteiger charge is 2.15. The van der Waals surface area contributed by atoms with Crippen molar-refractivity contribution in [3.63, 3.8) is 0 Å². The van der Waals surface area contributed by atoms with Crippen molar-refractivity contribution in [1.29, 1.82) is 0 Å². The summed E-state index contributed by atoms with van der Waals surface area (Å²) in [5.74, 6) is 2.79. The molecule has 2 heterocycles. The highest BCUT2D eigenvalue weighted by molar-refractivity contribution is 7.98. The van der Waals surface area contributed by atoms with Crippen LogP contribution in [-0.2, 0) is 12.3 Å². The van der Waals surface area contributed by atoms with Crippen LogP contribution in [0.25, 0.3) is 10.9 Å². The maximum Gasteiger partial charge on any atom is 0.262 e. The first-order valence-electron chi connectivity index (χ1n) is 11.1. The molecular weight excluding hydrogens is 450 g/mol. The molecule has 0 aliphatic carbocycles. The van der Waals surface area contributed by atoms with Crippen molar-refractivity contribution in [2.24, 2.45) is 0 Å². The minimum atomic E-state index is -0.123. The monoisotopic (exact) mass is 479 g/mol. The summed E-state index contributed by atoms with van der Waals surface area (Å²) in [6.07, 6.45) is 2.51. The first-order chi connectivity index (χ1) is 16.5. The van der Waals surface area contributed by atoms with Crippen molar-refractivity contribution in [3.05, 3.63) is 82.5 Å². The summed E-state index contributed by atoms with van der Waals surface area (Å²) in [6, 6.07) is 17.0. The molecule has 0 bridgehead atoms. The van der Waals surface area contributed by atoms with Crippen molar-refractivity contribution in [1.82, 2.24) is 14.5 Å². The minimum Gasteiger partial charge on any atom is -0.496 e. The number of benzene rings is 2. The van der Waals surface area contributed by atoms with E-state index in [2.05, 4.69) is 4.90 Å². The number of methoxy groups -OCH3 is 1. The van der Waals surface area contributed by atoms with Gasteiger partial charge in [-0.3, -0.25) is 9.36 Å². The van der Waals surface area contributed by atoms with Crippen LogP contribution in [0.3, 0.4) is 0 Å². The number of para-hydroxylation sites is 1. The van der Waals surface area contributed by atoms with E-state index in [0.29, 0.717) is 46.5 Å². The lowest BCUT2D eigenvalue weighted by Gasteiger charge is -2.14. The molecule has 0 unspecified atom stereocenters. The van der Waals surface area contributed by atoms with Crippen LogP contribution in [0.15, 0.2) is 75.2 Å². The van der Waals surface area contributed by atoms with E-state index in [-0.39, 0.29) is 5.56 Å². The standard InChI is InChI=1S/C26H29N3O4S/c1-28(2)13-7-15-32-20-11-12-23-22(16-20)25(30)29(17-21-9-6-14-33-21)26(27-23)34-18-19-8-4-5-10-24(19)31-3/h4-6,8-12,14,16H,7,13,15,17-18H2,1-3H3. The molecular formula is C26H29N3O4S. The Morgan fingerprint density at radius 3 is 2.74 bits per heavy atom. The van der Waals surface area contributed by atoms with Crippen molar-refractivity contribution < 1.29 is 13.9 Å². The Hall–Kier alpha value is -3.23. The number of furan rings is 1. The molecule has 0 radical (unpaired) electrons. The molecule has 4 rings (SSSR count). The van der Waals surface area contributed by atoms with Gasteiger partial charge in [0.05, 0.1) is 37.4 Å². The highest BCUT2D eigenvalue weighted by atomic mass is 32.2. The zero-order valence-corrected chi connectivity index (χ0v) is 20.5. The molecule has 0 N–H and O–H groups in total. The Kier molecular flexibility index (Phi) is 7.92. The summed E-state index contributed by atoms with van der Waals surface area (Å²) >= 11 is 1.50. The normalized spacial score (nSPS) is 11.3. The maximum absolute atomic E-state index is 13.6. The van der Waals surface area contributed by atoms with Gasteiger partial charge in [-0.2, -0.15) is 0 Å². The summed E-state index contributed by atoms with van der Waals surface area (Å²) < 4.78 is 18.5. The number of ether oxygens (including phenoxy) is 2. The van der Waals surface area contributed by atoms with Crippen LogP contribution < -0.4 is 15.0 Å². The van der Waals surface area contributed by atoms with Crippen LogP contribution in [-0.4, -0.2) is 48.8 Å². The number of fused-ring (bicyclic) bond motifs is 1. The molecule has 178 valence electrons. The van der Waals surface area contributed by atoms with Gasteiger partial charge >= 0.3 is 0 Å². The van der Waals surface area contributed by atoms with Crippen LogP contribution in [0.5, 0.6) is 11.5 Å². The second-order valence-corrected chi connectivity index (χ2v) is 9.09. The number of rotatable bonds is 11. The lowest BCUT2D eigenvalue weighted by molar-refractivity contribution is 0.282. The first-order valence-corrected chi connectivity index (χ1v) is 12.1. The minimum absolute atomic E-state index is 0.123. The van der Waals surface area contributed by atoms with Gasteiger partial charge in [0.1, 0.15) is 17.3 Å². The predicted octanol–water partition coefficient (Wildman–Crippen LogP) is 4.67. The molecule has 0 fully saturated rings. The van der Waals surface area contributed by atoms with Crippen molar-refractivity contribution in [2.45, 2.75) is 23.9 Å². The number of hydrogen-bond donors (Lipinski definition) is 0. The van der Waals surface area contributed by atoms with Gasteiger partial charge in [0.15, 0.2) is 5.16 Å². The maximum atomic E-state index is 13.6. The van der Waals surface area contributed by atoms with Crippen LogP contribution in [0.1, 0.15) is 17.7 Å². The summed E-state index contributed by atoms with van der Waals surface area (Å²) in [5.41, 5.74) is 1.56. The molecule has 34 heavy (non-hydrogen) atoms. The SMILES string of the molecule is COc1ccccc1CSc1nc2ccc(OCCCN(C)C)cc2c(=O)n1Cc1ccco1. The van der Waals surface area contributed by atoms with E-state index in [1.165, 1.54) is 11.8 Å². The summed E-state index contributed by atoms with van der Waals surface area (Å²) in [5, 5.41) is 1.15. The molecule has 0 atom stereocenters. The molecule has 2 aromatic heterocycles. The topological polar surface area (TPSA) is 69.7 Å². The molecule has 0 aliphatic heterocycles. The van der Waals surface area contributed by atoms with E-state index in [0.717, 1.165) is 24.3 Å². The van der Waals surface area contributed by atoms with Gasteiger partial charge in [-0.15, -0.1) is 0 Å². The van der Waals surface area contributed by atoms with Crippen LogP contribution in [0, 0.1) is 0 Å². The third kappa shape index (κ3) is 5.81. The Morgan fingerprint density at radius 2 is 1.97 bits per heavy atom. The number of nitrogens with zero attached hydrogens (tertiary/aromatic N) is 3. The van der Waals surface area contributed by atoms with E-state index in [1.54, 1.807) is 24.0 Å². The van der Waals surface area contributed by atoms with E-state index in [1.807, 2.05) is 62.6 Å². The second kappa shape index (κ2) is 11.3. The third-order valence-electron chi connectivity index (χ3n) is 5.35. The van der Waals surface area contributed by atoms with Crippen molar-refractivity contribution >= 4 is 22.7 Å². The van der Waals surface area contributed by atoms with Crippen LogP contribution in [0.4, 0.5) is 0 Å². The lowest BCUT2D eigenvalue weighted by atomic mass is 10.2. The second-order valence-electron chi connectivity index (χ2n) is 8.15. The van der Waals surface area contributed by atoms with Crippen LogP contribution in [0.2, 0.25) is 0 Å².